The molecule has 1 rings (SSSR count). The van der Waals surface area contributed by atoms with E-state index >= 15 is 0 Å². The van der Waals surface area contributed by atoms with Gasteiger partial charge in [0.25, 0.3) is 0 Å². The molecule has 2 atom stereocenters. The summed E-state index contributed by atoms with van der Waals surface area (Å²) in [7, 11) is 0. The molecule has 5 nitrogen and oxygen atoms in total. The standard InChI is InChI=1S/C14H23NO4/c1-4-15(9-14(2,3)19)12(16)10-7-5-6-8-11(10)13(17)18/h5-6,10-11,19H,4,7-9H2,1-3H3,(H,17,18). The third-order valence-electron chi connectivity index (χ3n) is 3.34. The number of carbonyl (C=O) groups is 2. The van der Waals surface area contributed by atoms with Crippen molar-refractivity contribution in [3.8, 4) is 0 Å². The van der Waals surface area contributed by atoms with Gasteiger partial charge in [-0.25, -0.2) is 0 Å². The summed E-state index contributed by atoms with van der Waals surface area (Å²) in [5, 5.41) is 19.0. The molecule has 0 saturated heterocycles. The van der Waals surface area contributed by atoms with E-state index in [0.29, 0.717) is 19.4 Å². The predicted octanol–water partition coefficient (Wildman–Crippen LogP) is 1.27. The molecular formula is C14H23NO4. The molecule has 0 aromatic heterocycles. The van der Waals surface area contributed by atoms with E-state index in [2.05, 4.69) is 0 Å². The number of likely N-dealkylation sites (N-methyl/N-ethyl adjacent to an activating group) is 1. The highest BCUT2D eigenvalue weighted by molar-refractivity contribution is 5.85. The zero-order valence-electron chi connectivity index (χ0n) is 11.8. The van der Waals surface area contributed by atoms with E-state index in [1.807, 2.05) is 19.1 Å². The number of rotatable bonds is 5. The average Bonchev–Trinajstić information content (AvgIpc) is 2.34. The Hall–Kier alpha value is -1.36. The molecule has 1 aliphatic rings. The highest BCUT2D eigenvalue weighted by atomic mass is 16.4. The van der Waals surface area contributed by atoms with Gasteiger partial charge in [0.2, 0.25) is 5.91 Å². The van der Waals surface area contributed by atoms with Crippen molar-refractivity contribution in [3.05, 3.63) is 12.2 Å². The van der Waals surface area contributed by atoms with Crippen LogP contribution >= 0.6 is 0 Å². The summed E-state index contributed by atoms with van der Waals surface area (Å²) in [5.74, 6) is -2.29. The minimum atomic E-state index is -0.977. The molecular weight excluding hydrogens is 246 g/mol. The zero-order chi connectivity index (χ0) is 14.6. The van der Waals surface area contributed by atoms with E-state index < -0.39 is 23.4 Å². The van der Waals surface area contributed by atoms with Gasteiger partial charge in [-0.1, -0.05) is 12.2 Å². The first-order valence-corrected chi connectivity index (χ1v) is 6.65. The molecule has 0 aromatic rings. The Labute approximate surface area is 113 Å². The average molecular weight is 269 g/mol. The van der Waals surface area contributed by atoms with Crippen molar-refractivity contribution in [2.45, 2.75) is 39.2 Å². The molecule has 108 valence electrons. The number of allylic oxidation sites excluding steroid dienone is 2. The molecule has 0 aromatic carbocycles. The number of carboxylic acids is 1. The van der Waals surface area contributed by atoms with Gasteiger partial charge >= 0.3 is 5.97 Å². The van der Waals surface area contributed by atoms with Crippen LogP contribution in [-0.4, -0.2) is 45.7 Å². The van der Waals surface area contributed by atoms with E-state index in [9.17, 15) is 19.8 Å². The maximum atomic E-state index is 12.4. The van der Waals surface area contributed by atoms with Crippen LogP contribution in [0.5, 0.6) is 0 Å². The lowest BCUT2D eigenvalue weighted by Gasteiger charge is -2.33. The van der Waals surface area contributed by atoms with Gasteiger partial charge in [0.15, 0.2) is 0 Å². The summed E-state index contributed by atoms with van der Waals surface area (Å²) in [4.78, 5) is 25.2. The summed E-state index contributed by atoms with van der Waals surface area (Å²) in [6.45, 7) is 5.79. The van der Waals surface area contributed by atoms with Gasteiger partial charge < -0.3 is 15.1 Å². The SMILES string of the molecule is CCN(CC(C)(C)O)C(=O)C1CC=CCC1C(=O)O. The number of carbonyl (C=O) groups excluding carboxylic acids is 1. The molecule has 0 radical (unpaired) electrons. The number of carboxylic acid groups (broad SMARTS) is 1. The van der Waals surface area contributed by atoms with Gasteiger partial charge in [-0.15, -0.1) is 0 Å². The fourth-order valence-corrected chi connectivity index (χ4v) is 2.41. The van der Waals surface area contributed by atoms with Crippen molar-refractivity contribution in [3.63, 3.8) is 0 Å². The number of amides is 1. The second-order valence-electron chi connectivity index (χ2n) is 5.66. The smallest absolute Gasteiger partial charge is 0.307 e. The summed E-state index contributed by atoms with van der Waals surface area (Å²) >= 11 is 0. The van der Waals surface area contributed by atoms with Gasteiger partial charge in [-0.2, -0.15) is 0 Å². The molecule has 0 fully saturated rings. The Kier molecular flexibility index (Phi) is 5.11. The van der Waals surface area contributed by atoms with Crippen molar-refractivity contribution >= 4 is 11.9 Å². The lowest BCUT2D eigenvalue weighted by molar-refractivity contribution is -0.151. The van der Waals surface area contributed by atoms with Crippen LogP contribution in [0.1, 0.15) is 33.6 Å². The fraction of sp³-hybridized carbons (Fsp3) is 0.714. The molecule has 19 heavy (non-hydrogen) atoms. The molecule has 0 bridgehead atoms. The predicted molar refractivity (Wildman–Crippen MR) is 71.5 cm³/mol. The van der Waals surface area contributed by atoms with Crippen LogP contribution in [0.25, 0.3) is 0 Å². The Morgan fingerprint density at radius 3 is 2.21 bits per heavy atom. The minimum Gasteiger partial charge on any atom is -0.481 e. The number of nitrogens with zero attached hydrogens (tertiary/aromatic N) is 1. The maximum Gasteiger partial charge on any atom is 0.307 e. The largest absolute Gasteiger partial charge is 0.481 e. The monoisotopic (exact) mass is 269 g/mol. The third-order valence-corrected chi connectivity index (χ3v) is 3.34. The van der Waals surface area contributed by atoms with Crippen LogP contribution in [-0.2, 0) is 9.59 Å². The van der Waals surface area contributed by atoms with E-state index in [1.165, 1.54) is 0 Å². The van der Waals surface area contributed by atoms with E-state index in [0.717, 1.165) is 0 Å². The van der Waals surface area contributed by atoms with Crippen LogP contribution in [0, 0.1) is 11.8 Å². The Morgan fingerprint density at radius 1 is 1.26 bits per heavy atom. The van der Waals surface area contributed by atoms with Gasteiger partial charge in [0.05, 0.1) is 17.4 Å². The Bertz CT molecular complexity index is 370. The maximum absolute atomic E-state index is 12.4. The summed E-state index contributed by atoms with van der Waals surface area (Å²) < 4.78 is 0. The van der Waals surface area contributed by atoms with Crippen LogP contribution in [0.3, 0.4) is 0 Å². The van der Waals surface area contributed by atoms with E-state index in [4.69, 9.17) is 0 Å². The van der Waals surface area contributed by atoms with Crippen molar-refractivity contribution in [2.24, 2.45) is 11.8 Å². The fourth-order valence-electron chi connectivity index (χ4n) is 2.41. The van der Waals surface area contributed by atoms with Crippen LogP contribution in [0.2, 0.25) is 0 Å². The van der Waals surface area contributed by atoms with Crippen molar-refractivity contribution in [2.75, 3.05) is 13.1 Å². The molecule has 2 unspecified atom stereocenters. The summed E-state index contributed by atoms with van der Waals surface area (Å²) in [5.41, 5.74) is -0.977. The normalized spacial score (nSPS) is 23.2. The molecule has 0 heterocycles. The van der Waals surface area contributed by atoms with Crippen molar-refractivity contribution < 1.29 is 19.8 Å². The highest BCUT2D eigenvalue weighted by Gasteiger charge is 2.36. The minimum absolute atomic E-state index is 0.179. The molecule has 5 heteroatoms. The van der Waals surface area contributed by atoms with Crippen molar-refractivity contribution in [1.29, 1.82) is 0 Å². The first-order chi connectivity index (χ1) is 8.76. The number of hydrogen-bond acceptors (Lipinski definition) is 3. The number of hydrogen-bond donors (Lipinski definition) is 2. The van der Waals surface area contributed by atoms with Gasteiger partial charge in [0, 0.05) is 13.1 Å². The Balaban J connectivity index is 2.83. The third kappa shape index (κ3) is 4.35. The zero-order valence-corrected chi connectivity index (χ0v) is 11.8. The summed E-state index contributed by atoms with van der Waals surface area (Å²) in [6, 6.07) is 0. The van der Waals surface area contributed by atoms with Gasteiger partial charge in [-0.3, -0.25) is 9.59 Å². The molecule has 0 saturated carbocycles. The second kappa shape index (κ2) is 6.19. The number of aliphatic hydroxyl groups is 1. The molecule has 0 aliphatic heterocycles. The molecule has 0 spiro atoms. The van der Waals surface area contributed by atoms with Gasteiger partial charge in [-0.05, 0) is 33.6 Å². The van der Waals surface area contributed by atoms with E-state index in [1.54, 1.807) is 18.7 Å². The van der Waals surface area contributed by atoms with Crippen LogP contribution in [0.4, 0.5) is 0 Å². The highest BCUT2D eigenvalue weighted by Crippen LogP contribution is 2.28. The van der Waals surface area contributed by atoms with Gasteiger partial charge in [0.1, 0.15) is 0 Å². The van der Waals surface area contributed by atoms with E-state index in [-0.39, 0.29) is 12.5 Å². The molecule has 1 amide bonds. The lowest BCUT2D eigenvalue weighted by Crippen LogP contribution is -2.47. The molecule has 2 N–H and O–H groups in total. The lowest BCUT2D eigenvalue weighted by atomic mass is 9.82. The molecule has 1 aliphatic carbocycles. The first kappa shape index (κ1) is 15.7. The topological polar surface area (TPSA) is 77.8 Å². The second-order valence-corrected chi connectivity index (χ2v) is 5.66. The number of aliphatic carboxylic acids is 1. The van der Waals surface area contributed by atoms with Crippen LogP contribution < -0.4 is 0 Å². The Morgan fingerprint density at radius 2 is 1.79 bits per heavy atom. The van der Waals surface area contributed by atoms with Crippen LogP contribution in [0.15, 0.2) is 12.2 Å². The quantitative estimate of drug-likeness (QED) is 0.737. The first-order valence-electron chi connectivity index (χ1n) is 6.65. The van der Waals surface area contributed by atoms with Crippen molar-refractivity contribution in [1.82, 2.24) is 4.90 Å². The summed E-state index contributed by atoms with van der Waals surface area (Å²) in [6.07, 6.45) is 4.53.